The van der Waals surface area contributed by atoms with Gasteiger partial charge < -0.3 is 19.1 Å². The summed E-state index contributed by atoms with van der Waals surface area (Å²) >= 11 is 0. The van der Waals surface area contributed by atoms with Crippen molar-refractivity contribution in [3.05, 3.63) is 64.2 Å². The summed E-state index contributed by atoms with van der Waals surface area (Å²) in [7, 11) is 0. The number of carbonyl (C=O) groups is 1. The number of halogens is 2. The van der Waals surface area contributed by atoms with E-state index in [9.17, 15) is 23.6 Å². The van der Waals surface area contributed by atoms with E-state index in [2.05, 4.69) is 4.98 Å². The molecule has 2 saturated heterocycles. The summed E-state index contributed by atoms with van der Waals surface area (Å²) in [5.74, 6) is -2.32. The summed E-state index contributed by atoms with van der Waals surface area (Å²) in [6.07, 6.45) is 2.19. The Morgan fingerprint density at radius 1 is 1.24 bits per heavy atom. The average Bonchev–Trinajstić information content (AvgIpc) is 3.48. The van der Waals surface area contributed by atoms with E-state index in [0.29, 0.717) is 31.4 Å². The molecule has 3 aromatic rings. The molecule has 3 heterocycles. The van der Waals surface area contributed by atoms with Gasteiger partial charge in [0.25, 0.3) is 5.56 Å². The third-order valence-electron chi connectivity index (χ3n) is 6.70. The van der Waals surface area contributed by atoms with Crippen LogP contribution in [0.5, 0.6) is 11.5 Å². The van der Waals surface area contributed by atoms with Gasteiger partial charge >= 0.3 is 6.09 Å². The fourth-order valence-corrected chi connectivity index (χ4v) is 4.90. The molecule has 0 bridgehead atoms. The highest BCUT2D eigenvalue weighted by Crippen LogP contribution is 2.40. The maximum atomic E-state index is 14.3. The molecule has 5 rings (SSSR count). The Kier molecular flexibility index (Phi) is 6.31. The van der Waals surface area contributed by atoms with E-state index >= 15 is 0 Å². The second-order valence-electron chi connectivity index (χ2n) is 10.6. The van der Waals surface area contributed by atoms with Crippen LogP contribution in [0, 0.1) is 23.0 Å². The summed E-state index contributed by atoms with van der Waals surface area (Å²) in [6, 6.07) is 7.37. The number of nitriles is 1. The van der Waals surface area contributed by atoms with Crippen molar-refractivity contribution >= 4 is 17.0 Å². The van der Waals surface area contributed by atoms with Crippen LogP contribution in [0.2, 0.25) is 0 Å². The topological polar surface area (TPSA) is 107 Å². The first-order valence-electron chi connectivity index (χ1n) is 12.2. The summed E-state index contributed by atoms with van der Waals surface area (Å²) in [4.78, 5) is 31.9. The Balaban J connectivity index is 1.38. The highest BCUT2D eigenvalue weighted by molar-refractivity contribution is 5.79. The van der Waals surface area contributed by atoms with Crippen molar-refractivity contribution in [2.24, 2.45) is 0 Å². The maximum absolute atomic E-state index is 14.3. The number of aromatic nitrogens is 2. The fourth-order valence-electron chi connectivity index (χ4n) is 4.90. The SMILES string of the molecule is CC(C)(C)OC(=O)N1CCC2(CC(n3cnc4ccc(Oc5c(F)ccc(F)c5C#N)cc4c3=O)CO2)C1. The molecule has 1 aromatic heterocycles. The zero-order chi connectivity index (χ0) is 27.2. The van der Waals surface area contributed by atoms with Crippen LogP contribution in [-0.2, 0) is 9.47 Å². The van der Waals surface area contributed by atoms with Gasteiger partial charge in [-0.15, -0.1) is 0 Å². The summed E-state index contributed by atoms with van der Waals surface area (Å²) < 4.78 is 46.9. The Labute approximate surface area is 217 Å². The van der Waals surface area contributed by atoms with Crippen molar-refractivity contribution in [3.63, 3.8) is 0 Å². The highest BCUT2D eigenvalue weighted by Gasteiger charge is 2.48. The molecule has 38 heavy (non-hydrogen) atoms. The van der Waals surface area contributed by atoms with E-state index in [1.807, 2.05) is 20.8 Å². The average molecular weight is 525 g/mol. The molecule has 9 nitrogen and oxygen atoms in total. The van der Waals surface area contributed by atoms with Crippen LogP contribution < -0.4 is 10.3 Å². The van der Waals surface area contributed by atoms with Gasteiger partial charge in [0.15, 0.2) is 11.6 Å². The van der Waals surface area contributed by atoms with E-state index in [0.717, 1.165) is 12.1 Å². The van der Waals surface area contributed by atoms with Crippen molar-refractivity contribution < 1.29 is 27.8 Å². The van der Waals surface area contributed by atoms with Gasteiger partial charge in [-0.25, -0.2) is 18.6 Å². The van der Waals surface area contributed by atoms with Crippen LogP contribution in [0.4, 0.5) is 13.6 Å². The monoisotopic (exact) mass is 524 g/mol. The van der Waals surface area contributed by atoms with E-state index in [-0.39, 0.29) is 29.3 Å². The maximum Gasteiger partial charge on any atom is 0.410 e. The highest BCUT2D eigenvalue weighted by atomic mass is 19.1. The number of nitrogens with zero attached hydrogens (tertiary/aromatic N) is 4. The minimum absolute atomic E-state index is 0.0538. The Hall–Kier alpha value is -4.04. The standard InChI is InChI=1S/C27H26F2N4O5/c1-26(2,3)38-25(35)32-9-8-27(14-32)11-16(13-36-27)33-15-31-22-7-4-17(10-18(22)24(33)34)37-23-19(12-30)20(28)5-6-21(23)29/h4-7,10,15-16H,8-9,11,13-14H2,1-3H3. The quantitative estimate of drug-likeness (QED) is 0.490. The number of rotatable bonds is 3. The van der Waals surface area contributed by atoms with Crippen molar-refractivity contribution in [2.45, 2.75) is 50.9 Å². The Morgan fingerprint density at radius 2 is 2.00 bits per heavy atom. The largest absolute Gasteiger partial charge is 0.453 e. The molecule has 1 spiro atoms. The predicted molar refractivity (Wildman–Crippen MR) is 132 cm³/mol. The molecule has 2 aliphatic heterocycles. The van der Waals surface area contributed by atoms with Crippen LogP contribution in [0.25, 0.3) is 10.9 Å². The molecular formula is C27H26F2N4O5. The molecule has 0 N–H and O–H groups in total. The normalized spacial score (nSPS) is 21.2. The third-order valence-corrected chi connectivity index (χ3v) is 6.70. The van der Waals surface area contributed by atoms with Gasteiger partial charge in [-0.05, 0) is 57.5 Å². The number of likely N-dealkylation sites (tertiary alicyclic amines) is 1. The van der Waals surface area contributed by atoms with Gasteiger partial charge in [0.2, 0.25) is 0 Å². The fraction of sp³-hybridized carbons (Fsp3) is 0.407. The van der Waals surface area contributed by atoms with Crippen molar-refractivity contribution in [1.29, 1.82) is 5.26 Å². The first-order valence-corrected chi connectivity index (χ1v) is 12.2. The van der Waals surface area contributed by atoms with Crippen molar-refractivity contribution in [3.8, 4) is 17.6 Å². The number of hydrogen-bond acceptors (Lipinski definition) is 7. The number of benzene rings is 2. The molecule has 198 valence electrons. The lowest BCUT2D eigenvalue weighted by Gasteiger charge is -2.26. The van der Waals surface area contributed by atoms with Crippen LogP contribution in [0.15, 0.2) is 41.5 Å². The lowest BCUT2D eigenvalue weighted by Crippen LogP contribution is -2.39. The Bertz CT molecular complexity index is 1530. The molecule has 1 amide bonds. The second-order valence-corrected chi connectivity index (χ2v) is 10.6. The van der Waals surface area contributed by atoms with Crippen LogP contribution in [-0.4, -0.2) is 51.4 Å². The molecule has 0 aliphatic carbocycles. The molecule has 11 heteroatoms. The second kappa shape index (κ2) is 9.36. The zero-order valence-electron chi connectivity index (χ0n) is 21.2. The number of amides is 1. The Morgan fingerprint density at radius 3 is 2.74 bits per heavy atom. The first-order chi connectivity index (χ1) is 18.0. The van der Waals surface area contributed by atoms with Crippen LogP contribution in [0.3, 0.4) is 0 Å². The van der Waals surface area contributed by atoms with Gasteiger partial charge in [0.1, 0.15) is 28.8 Å². The molecular weight excluding hydrogens is 498 g/mol. The van der Waals surface area contributed by atoms with Crippen molar-refractivity contribution in [1.82, 2.24) is 14.5 Å². The minimum atomic E-state index is -0.916. The summed E-state index contributed by atoms with van der Waals surface area (Å²) in [5, 5.41) is 9.43. The van der Waals surface area contributed by atoms with Gasteiger partial charge in [-0.1, -0.05) is 0 Å². The van der Waals surface area contributed by atoms with E-state index in [1.165, 1.54) is 29.1 Å². The predicted octanol–water partition coefficient (Wildman–Crippen LogP) is 4.68. The molecule has 2 fully saturated rings. The van der Waals surface area contributed by atoms with Crippen LogP contribution in [0.1, 0.15) is 45.2 Å². The summed E-state index contributed by atoms with van der Waals surface area (Å²) in [5.41, 5.74) is -1.71. The van der Waals surface area contributed by atoms with Crippen LogP contribution >= 0.6 is 0 Å². The summed E-state index contributed by atoms with van der Waals surface area (Å²) in [6.45, 7) is 6.56. The molecule has 2 aromatic carbocycles. The lowest BCUT2D eigenvalue weighted by molar-refractivity contribution is 0.000168. The number of fused-ring (bicyclic) bond motifs is 1. The van der Waals surface area contributed by atoms with Crippen molar-refractivity contribution in [2.75, 3.05) is 19.7 Å². The first kappa shape index (κ1) is 25.6. The molecule has 2 unspecified atom stereocenters. The van der Waals surface area contributed by atoms with Gasteiger partial charge in [0.05, 0.1) is 42.0 Å². The number of ether oxygens (including phenoxy) is 3. The molecule has 0 radical (unpaired) electrons. The molecule has 2 atom stereocenters. The van der Waals surface area contributed by atoms with Gasteiger partial charge in [-0.3, -0.25) is 9.36 Å². The lowest BCUT2D eigenvalue weighted by atomic mass is 9.97. The van der Waals surface area contributed by atoms with E-state index in [1.54, 1.807) is 11.0 Å². The smallest absolute Gasteiger partial charge is 0.410 e. The van der Waals surface area contributed by atoms with Gasteiger partial charge in [-0.2, -0.15) is 5.26 Å². The van der Waals surface area contributed by atoms with E-state index < -0.39 is 40.2 Å². The minimum Gasteiger partial charge on any atom is -0.453 e. The van der Waals surface area contributed by atoms with Gasteiger partial charge in [0, 0.05) is 13.0 Å². The number of hydrogen-bond donors (Lipinski definition) is 0. The number of carbonyl (C=O) groups excluding carboxylic acids is 1. The molecule has 0 saturated carbocycles. The molecule has 2 aliphatic rings. The third kappa shape index (κ3) is 4.79. The zero-order valence-corrected chi connectivity index (χ0v) is 21.2. The van der Waals surface area contributed by atoms with E-state index in [4.69, 9.17) is 14.2 Å².